The van der Waals surface area contributed by atoms with E-state index in [2.05, 4.69) is 38.8 Å². The highest BCUT2D eigenvalue weighted by Gasteiger charge is 2.16. The van der Waals surface area contributed by atoms with Gasteiger partial charge in [0, 0.05) is 6.42 Å². The molecular weight excluding hydrogens is 208 g/mol. The molecule has 0 radical (unpaired) electrons. The van der Waals surface area contributed by atoms with E-state index in [0.717, 1.165) is 25.0 Å². The van der Waals surface area contributed by atoms with Crippen molar-refractivity contribution in [3.05, 3.63) is 28.8 Å². The predicted octanol–water partition coefficient (Wildman–Crippen LogP) is 4.22. The summed E-state index contributed by atoms with van der Waals surface area (Å²) in [5, 5.41) is 0. The van der Waals surface area contributed by atoms with E-state index in [9.17, 15) is 0 Å². The molecule has 0 aliphatic heterocycles. The smallest absolute Gasteiger partial charge is 0.125 e. The molecule has 0 heterocycles. The number of aryl methyl sites for hydroxylation is 2. The average Bonchev–Trinajstić information content (AvgIpc) is 2.28. The fourth-order valence-corrected chi connectivity index (χ4v) is 2.43. The Morgan fingerprint density at radius 3 is 2.59 bits per heavy atom. The van der Waals surface area contributed by atoms with Gasteiger partial charge in [-0.05, 0) is 37.3 Å². The molecular formula is C16H22O. The van der Waals surface area contributed by atoms with Gasteiger partial charge >= 0.3 is 0 Å². The topological polar surface area (TPSA) is 9.23 Å². The van der Waals surface area contributed by atoms with Gasteiger partial charge in [-0.1, -0.05) is 31.0 Å². The third-order valence-corrected chi connectivity index (χ3v) is 3.09. The molecule has 0 bridgehead atoms. The summed E-state index contributed by atoms with van der Waals surface area (Å²) in [7, 11) is 1.74. The summed E-state index contributed by atoms with van der Waals surface area (Å²) in [4.78, 5) is 0. The molecule has 1 atom stereocenters. The van der Waals surface area contributed by atoms with Gasteiger partial charge in [0.15, 0.2) is 0 Å². The zero-order chi connectivity index (χ0) is 12.8. The van der Waals surface area contributed by atoms with Gasteiger partial charge < -0.3 is 4.74 Å². The molecule has 92 valence electrons. The van der Waals surface area contributed by atoms with Gasteiger partial charge in [0.1, 0.15) is 5.75 Å². The molecule has 0 saturated heterocycles. The highest BCUT2D eigenvalue weighted by molar-refractivity contribution is 5.46. The Hall–Kier alpha value is -1.42. The standard InChI is InChI=1S/C16H22O/c1-6-8-14(9-7-2)15-11-12(3)10-13(4)16(15)17-5/h1,10-11,14H,7-9H2,2-5H3. The molecule has 0 aliphatic carbocycles. The van der Waals surface area contributed by atoms with Gasteiger partial charge in [-0.2, -0.15) is 0 Å². The average molecular weight is 230 g/mol. The van der Waals surface area contributed by atoms with Crippen molar-refractivity contribution >= 4 is 0 Å². The van der Waals surface area contributed by atoms with Crippen molar-refractivity contribution in [1.29, 1.82) is 0 Å². The van der Waals surface area contributed by atoms with Crippen LogP contribution in [0.25, 0.3) is 0 Å². The van der Waals surface area contributed by atoms with Crippen molar-refractivity contribution in [1.82, 2.24) is 0 Å². The van der Waals surface area contributed by atoms with Crippen molar-refractivity contribution in [2.45, 2.75) is 46.0 Å². The molecule has 17 heavy (non-hydrogen) atoms. The molecule has 0 aromatic heterocycles. The summed E-state index contributed by atoms with van der Waals surface area (Å²) >= 11 is 0. The summed E-state index contributed by atoms with van der Waals surface area (Å²) in [6.07, 6.45) is 8.51. The third kappa shape index (κ3) is 3.27. The molecule has 1 rings (SSSR count). The van der Waals surface area contributed by atoms with Gasteiger partial charge in [0.2, 0.25) is 0 Å². The van der Waals surface area contributed by atoms with E-state index in [1.54, 1.807) is 7.11 Å². The molecule has 0 saturated carbocycles. The van der Waals surface area contributed by atoms with Gasteiger partial charge in [-0.25, -0.2) is 0 Å². The van der Waals surface area contributed by atoms with Crippen LogP contribution in [-0.2, 0) is 0 Å². The lowest BCUT2D eigenvalue weighted by molar-refractivity contribution is 0.400. The van der Waals surface area contributed by atoms with E-state index in [0.29, 0.717) is 5.92 Å². The molecule has 0 amide bonds. The van der Waals surface area contributed by atoms with E-state index in [1.807, 2.05) is 0 Å². The van der Waals surface area contributed by atoms with Crippen LogP contribution >= 0.6 is 0 Å². The molecule has 1 unspecified atom stereocenters. The Bertz CT molecular complexity index is 412. The highest BCUT2D eigenvalue weighted by atomic mass is 16.5. The molecule has 0 spiro atoms. The van der Waals surface area contributed by atoms with E-state index >= 15 is 0 Å². The van der Waals surface area contributed by atoms with Gasteiger partial charge in [-0.3, -0.25) is 0 Å². The minimum atomic E-state index is 0.415. The van der Waals surface area contributed by atoms with Gasteiger partial charge in [0.25, 0.3) is 0 Å². The molecule has 0 fully saturated rings. The summed E-state index contributed by atoms with van der Waals surface area (Å²) in [5.41, 5.74) is 3.74. The zero-order valence-corrected chi connectivity index (χ0v) is 11.3. The first-order valence-electron chi connectivity index (χ1n) is 6.22. The summed E-state index contributed by atoms with van der Waals surface area (Å²) in [6, 6.07) is 4.37. The van der Waals surface area contributed by atoms with E-state index in [1.165, 1.54) is 16.7 Å². The van der Waals surface area contributed by atoms with Crippen molar-refractivity contribution in [3.63, 3.8) is 0 Å². The Morgan fingerprint density at radius 2 is 2.06 bits per heavy atom. The largest absolute Gasteiger partial charge is 0.496 e. The highest BCUT2D eigenvalue weighted by Crippen LogP contribution is 2.35. The summed E-state index contributed by atoms with van der Waals surface area (Å²) in [5.74, 6) is 4.21. The minimum absolute atomic E-state index is 0.415. The van der Waals surface area contributed by atoms with E-state index in [-0.39, 0.29) is 0 Å². The van der Waals surface area contributed by atoms with Crippen LogP contribution in [0.4, 0.5) is 0 Å². The molecule has 1 aromatic carbocycles. The van der Waals surface area contributed by atoms with Crippen LogP contribution in [0.5, 0.6) is 5.75 Å². The Kier molecular flexibility index (Phi) is 5.10. The summed E-state index contributed by atoms with van der Waals surface area (Å²) < 4.78 is 5.54. The van der Waals surface area contributed by atoms with Crippen LogP contribution in [-0.4, -0.2) is 7.11 Å². The monoisotopic (exact) mass is 230 g/mol. The molecule has 1 aromatic rings. The number of hydrogen-bond acceptors (Lipinski definition) is 1. The number of rotatable bonds is 5. The van der Waals surface area contributed by atoms with Crippen LogP contribution in [0.15, 0.2) is 12.1 Å². The Morgan fingerprint density at radius 1 is 1.35 bits per heavy atom. The lowest BCUT2D eigenvalue weighted by atomic mass is 9.88. The first-order chi connectivity index (χ1) is 8.13. The quantitative estimate of drug-likeness (QED) is 0.688. The second kappa shape index (κ2) is 6.35. The SMILES string of the molecule is C#CCC(CCC)c1cc(C)cc(C)c1OC. The maximum atomic E-state index is 5.54. The van der Waals surface area contributed by atoms with Crippen molar-refractivity contribution in [2.24, 2.45) is 0 Å². The van der Waals surface area contributed by atoms with Crippen molar-refractivity contribution < 1.29 is 4.74 Å². The number of terminal acetylenes is 1. The van der Waals surface area contributed by atoms with Gasteiger partial charge in [-0.15, -0.1) is 12.3 Å². The first kappa shape index (κ1) is 13.6. The molecule has 1 heteroatoms. The molecule has 0 N–H and O–H groups in total. The third-order valence-electron chi connectivity index (χ3n) is 3.09. The number of ether oxygens (including phenoxy) is 1. The van der Waals surface area contributed by atoms with Crippen molar-refractivity contribution in [2.75, 3.05) is 7.11 Å². The fraction of sp³-hybridized carbons (Fsp3) is 0.500. The Balaban J connectivity index is 3.20. The van der Waals surface area contributed by atoms with Crippen LogP contribution < -0.4 is 4.74 Å². The van der Waals surface area contributed by atoms with Crippen LogP contribution in [0.1, 0.15) is 48.8 Å². The van der Waals surface area contributed by atoms with E-state index in [4.69, 9.17) is 11.2 Å². The lowest BCUT2D eigenvalue weighted by Crippen LogP contribution is -2.03. The molecule has 1 nitrogen and oxygen atoms in total. The second-order valence-electron chi connectivity index (χ2n) is 4.60. The van der Waals surface area contributed by atoms with Crippen LogP contribution in [0.2, 0.25) is 0 Å². The fourth-order valence-electron chi connectivity index (χ4n) is 2.43. The predicted molar refractivity (Wildman–Crippen MR) is 73.6 cm³/mol. The van der Waals surface area contributed by atoms with Crippen molar-refractivity contribution in [3.8, 4) is 18.1 Å². The number of methoxy groups -OCH3 is 1. The van der Waals surface area contributed by atoms with Crippen LogP contribution in [0.3, 0.4) is 0 Å². The minimum Gasteiger partial charge on any atom is -0.496 e. The normalized spacial score (nSPS) is 11.9. The molecule has 0 aliphatic rings. The van der Waals surface area contributed by atoms with Gasteiger partial charge in [0.05, 0.1) is 7.11 Å². The summed E-state index contributed by atoms with van der Waals surface area (Å²) in [6.45, 7) is 6.40. The Labute approximate surface area is 105 Å². The number of hydrogen-bond donors (Lipinski definition) is 0. The number of benzene rings is 1. The zero-order valence-electron chi connectivity index (χ0n) is 11.3. The van der Waals surface area contributed by atoms with Crippen LogP contribution in [0, 0.1) is 26.2 Å². The maximum Gasteiger partial charge on any atom is 0.125 e. The first-order valence-corrected chi connectivity index (χ1v) is 6.22. The lowest BCUT2D eigenvalue weighted by Gasteiger charge is -2.19. The van der Waals surface area contributed by atoms with E-state index < -0.39 is 0 Å². The second-order valence-corrected chi connectivity index (χ2v) is 4.60. The maximum absolute atomic E-state index is 5.54.